The van der Waals surface area contributed by atoms with E-state index in [1.54, 1.807) is 10.9 Å². The maximum absolute atomic E-state index is 4.30. The Bertz CT molecular complexity index is 445. The van der Waals surface area contributed by atoms with Crippen molar-refractivity contribution in [3.8, 4) is 11.4 Å². The van der Waals surface area contributed by atoms with Gasteiger partial charge < -0.3 is 0 Å². The molecule has 0 amide bonds. The van der Waals surface area contributed by atoms with Gasteiger partial charge in [-0.2, -0.15) is 9.90 Å². The van der Waals surface area contributed by atoms with Crippen LogP contribution < -0.4 is 0 Å². The molecule has 6 nitrogen and oxygen atoms in total. The second kappa shape index (κ2) is 3.41. The second-order valence-electron chi connectivity index (χ2n) is 2.81. The summed E-state index contributed by atoms with van der Waals surface area (Å²) in [7, 11) is 1.82. The molecule has 2 rings (SSSR count). The molecule has 74 valence electrons. The van der Waals surface area contributed by atoms with Gasteiger partial charge in [-0.25, -0.2) is 0 Å². The zero-order chi connectivity index (χ0) is 10.1. The number of thiol groups is 1. The molecule has 0 bridgehead atoms. The van der Waals surface area contributed by atoms with Gasteiger partial charge in [0.15, 0.2) is 0 Å². The molecule has 0 radical (unpaired) electrons. The Morgan fingerprint density at radius 2 is 2.29 bits per heavy atom. The fourth-order valence-electron chi connectivity index (χ4n) is 1.07. The first-order chi connectivity index (χ1) is 6.72. The van der Waals surface area contributed by atoms with Crippen molar-refractivity contribution >= 4 is 12.6 Å². The van der Waals surface area contributed by atoms with Crippen molar-refractivity contribution in [3.05, 3.63) is 6.20 Å². The molecule has 0 spiro atoms. The van der Waals surface area contributed by atoms with Crippen LogP contribution in [0.15, 0.2) is 11.2 Å². The lowest BCUT2D eigenvalue weighted by atomic mass is 10.3. The van der Waals surface area contributed by atoms with E-state index < -0.39 is 0 Å². The van der Waals surface area contributed by atoms with E-state index in [2.05, 4.69) is 33.1 Å². The predicted octanol–water partition coefficient (Wildman–Crippen LogP) is 0.382. The number of aryl methyl sites for hydroxylation is 2. The molecule has 0 saturated heterocycles. The molecule has 7 heteroatoms. The van der Waals surface area contributed by atoms with E-state index >= 15 is 0 Å². The Morgan fingerprint density at radius 1 is 1.50 bits per heavy atom. The number of aromatic nitrogens is 6. The Kier molecular flexibility index (Phi) is 2.24. The topological polar surface area (TPSA) is 61.4 Å². The molecule has 0 aromatic carbocycles. The van der Waals surface area contributed by atoms with Gasteiger partial charge in [-0.15, -0.1) is 22.8 Å². The molecule has 0 aliphatic rings. The first-order valence-electron chi connectivity index (χ1n) is 4.21. The monoisotopic (exact) mass is 210 g/mol. The molecule has 0 N–H and O–H groups in total. The molecule has 0 aliphatic carbocycles. The molecule has 2 aromatic rings. The van der Waals surface area contributed by atoms with E-state index in [-0.39, 0.29) is 0 Å². The van der Waals surface area contributed by atoms with Crippen LogP contribution in [0.2, 0.25) is 0 Å². The van der Waals surface area contributed by atoms with Crippen LogP contribution in [0.3, 0.4) is 0 Å². The lowest BCUT2D eigenvalue weighted by Crippen LogP contribution is -1.98. The average molecular weight is 210 g/mol. The zero-order valence-electron chi connectivity index (χ0n) is 7.91. The number of hydrogen-bond acceptors (Lipinski definition) is 5. The average Bonchev–Trinajstić information content (AvgIpc) is 2.75. The SMILES string of the molecule is CCn1nnc(-c2cnn(C)c2S)n1. The summed E-state index contributed by atoms with van der Waals surface area (Å²) in [4.78, 5) is 1.52. The van der Waals surface area contributed by atoms with Crippen molar-refractivity contribution in [1.29, 1.82) is 0 Å². The van der Waals surface area contributed by atoms with Gasteiger partial charge in [-0.05, 0) is 12.1 Å². The van der Waals surface area contributed by atoms with Crippen molar-refractivity contribution in [3.63, 3.8) is 0 Å². The van der Waals surface area contributed by atoms with Gasteiger partial charge in [0.25, 0.3) is 0 Å². The third kappa shape index (κ3) is 1.39. The Morgan fingerprint density at radius 3 is 2.79 bits per heavy atom. The summed E-state index contributed by atoms with van der Waals surface area (Å²) in [5.74, 6) is 0.560. The van der Waals surface area contributed by atoms with Gasteiger partial charge in [0.05, 0.1) is 18.3 Å². The van der Waals surface area contributed by atoms with Crippen LogP contribution in [-0.2, 0) is 13.6 Å². The maximum atomic E-state index is 4.30. The van der Waals surface area contributed by atoms with Gasteiger partial charge in [-0.3, -0.25) is 4.68 Å². The highest BCUT2D eigenvalue weighted by Gasteiger charge is 2.12. The van der Waals surface area contributed by atoms with E-state index in [0.717, 1.165) is 10.6 Å². The minimum Gasteiger partial charge on any atom is -0.262 e. The first-order valence-corrected chi connectivity index (χ1v) is 4.66. The first kappa shape index (κ1) is 9.20. The molecular formula is C7H10N6S. The molecule has 2 heterocycles. The van der Waals surface area contributed by atoms with Crippen LogP contribution in [0.4, 0.5) is 0 Å². The van der Waals surface area contributed by atoms with Crippen molar-refractivity contribution in [2.45, 2.75) is 18.5 Å². The molecule has 0 saturated carbocycles. The molecule has 0 fully saturated rings. The second-order valence-corrected chi connectivity index (χ2v) is 3.23. The van der Waals surface area contributed by atoms with Gasteiger partial charge in [-0.1, -0.05) is 0 Å². The molecule has 0 atom stereocenters. The summed E-state index contributed by atoms with van der Waals surface area (Å²) in [6, 6.07) is 0. The molecule has 14 heavy (non-hydrogen) atoms. The zero-order valence-corrected chi connectivity index (χ0v) is 8.81. The molecule has 2 aromatic heterocycles. The summed E-state index contributed by atoms with van der Waals surface area (Å²) >= 11 is 4.30. The fraction of sp³-hybridized carbons (Fsp3) is 0.429. The minimum absolute atomic E-state index is 0.560. The minimum atomic E-state index is 0.560. The van der Waals surface area contributed by atoms with Crippen molar-refractivity contribution in [2.75, 3.05) is 0 Å². The van der Waals surface area contributed by atoms with Crippen LogP contribution >= 0.6 is 12.6 Å². The van der Waals surface area contributed by atoms with Crippen molar-refractivity contribution in [2.24, 2.45) is 7.05 Å². The maximum Gasteiger partial charge on any atom is 0.209 e. The van der Waals surface area contributed by atoms with E-state index in [1.165, 1.54) is 4.80 Å². The summed E-state index contributed by atoms with van der Waals surface area (Å²) in [5, 5.41) is 16.7. The van der Waals surface area contributed by atoms with Gasteiger partial charge in [0.2, 0.25) is 5.82 Å². The largest absolute Gasteiger partial charge is 0.262 e. The summed E-state index contributed by atoms with van der Waals surface area (Å²) in [6.07, 6.45) is 1.68. The smallest absolute Gasteiger partial charge is 0.209 e. The normalized spacial score (nSPS) is 10.8. The van der Waals surface area contributed by atoms with Crippen LogP contribution in [0.5, 0.6) is 0 Å². The Hall–Kier alpha value is -1.37. The molecule has 0 unspecified atom stereocenters. The highest BCUT2D eigenvalue weighted by atomic mass is 32.1. The highest BCUT2D eigenvalue weighted by molar-refractivity contribution is 7.80. The van der Waals surface area contributed by atoms with Crippen molar-refractivity contribution < 1.29 is 0 Å². The number of hydrogen-bond donors (Lipinski definition) is 1. The van der Waals surface area contributed by atoms with Gasteiger partial charge >= 0.3 is 0 Å². The highest BCUT2D eigenvalue weighted by Crippen LogP contribution is 2.21. The lowest BCUT2D eigenvalue weighted by molar-refractivity contribution is 0.552. The number of tetrazole rings is 1. The van der Waals surface area contributed by atoms with E-state index in [0.29, 0.717) is 12.4 Å². The molecule has 0 aliphatic heterocycles. The fourth-order valence-corrected chi connectivity index (χ4v) is 1.28. The summed E-state index contributed by atoms with van der Waals surface area (Å²) < 4.78 is 1.66. The lowest BCUT2D eigenvalue weighted by Gasteiger charge is -1.92. The van der Waals surface area contributed by atoms with Crippen molar-refractivity contribution in [1.82, 2.24) is 30.0 Å². The van der Waals surface area contributed by atoms with Gasteiger partial charge in [0, 0.05) is 7.05 Å². The summed E-state index contributed by atoms with van der Waals surface area (Å²) in [6.45, 7) is 2.66. The number of rotatable bonds is 2. The van der Waals surface area contributed by atoms with Gasteiger partial charge in [0.1, 0.15) is 5.03 Å². The van der Waals surface area contributed by atoms with Crippen LogP contribution in [0.25, 0.3) is 11.4 Å². The van der Waals surface area contributed by atoms with Crippen LogP contribution in [0.1, 0.15) is 6.92 Å². The van der Waals surface area contributed by atoms with E-state index in [1.807, 2.05) is 14.0 Å². The standard InChI is InChI=1S/C7H10N6S/c1-3-13-10-6(9-11-13)5-4-8-12(2)7(5)14/h4,14H,3H2,1-2H3. The third-order valence-electron chi connectivity index (χ3n) is 1.88. The third-order valence-corrected chi connectivity index (χ3v) is 2.41. The van der Waals surface area contributed by atoms with E-state index in [4.69, 9.17) is 0 Å². The Labute approximate surface area is 86.3 Å². The molecular weight excluding hydrogens is 200 g/mol. The van der Waals surface area contributed by atoms with Crippen LogP contribution in [0, 0.1) is 0 Å². The summed E-state index contributed by atoms with van der Waals surface area (Å²) in [5.41, 5.74) is 0.801. The Balaban J connectivity index is 2.44. The number of nitrogens with zero attached hydrogens (tertiary/aromatic N) is 6. The quantitative estimate of drug-likeness (QED) is 0.728. The van der Waals surface area contributed by atoms with Crippen LogP contribution in [-0.4, -0.2) is 30.0 Å². The van der Waals surface area contributed by atoms with E-state index in [9.17, 15) is 0 Å². The predicted molar refractivity (Wildman–Crippen MR) is 52.9 cm³/mol.